The molecule has 0 aromatic rings. The Balaban J connectivity index is 3.83. The summed E-state index contributed by atoms with van der Waals surface area (Å²) in [5, 5.41) is 17.0. The molecule has 2 atom stereocenters. The minimum Gasteiger partial charge on any atom is -0.480 e. The third kappa shape index (κ3) is 2.78. The molecule has 0 aliphatic rings. The molecule has 0 heterocycles. The summed E-state index contributed by atoms with van der Waals surface area (Å²) in [6.45, 7) is 1.40. The molecular formula is C4H8BrNO3. The second kappa shape index (κ2) is 3.81. The summed E-state index contributed by atoms with van der Waals surface area (Å²) in [5.41, 5.74) is 0. The van der Waals surface area contributed by atoms with Gasteiger partial charge in [0.25, 0.3) is 0 Å². The molecular weight excluding hydrogens is 190 g/mol. The summed E-state index contributed by atoms with van der Waals surface area (Å²) in [6, 6.07) is -0.940. The lowest BCUT2D eigenvalue weighted by molar-refractivity contribution is -0.141. The van der Waals surface area contributed by atoms with E-state index in [0.29, 0.717) is 0 Å². The number of aliphatic hydroxyl groups is 1. The van der Waals surface area contributed by atoms with Crippen LogP contribution < -0.4 is 4.34 Å². The monoisotopic (exact) mass is 197 g/mol. The Bertz CT molecular complexity index is 106. The third-order valence-electron chi connectivity index (χ3n) is 0.866. The fraction of sp³-hybridized carbons (Fsp3) is 0.750. The zero-order chi connectivity index (χ0) is 7.44. The largest absolute Gasteiger partial charge is 0.480 e. The van der Waals surface area contributed by atoms with Gasteiger partial charge in [-0.2, -0.15) is 0 Å². The number of rotatable bonds is 3. The van der Waals surface area contributed by atoms with Crippen LogP contribution in [0.15, 0.2) is 0 Å². The van der Waals surface area contributed by atoms with E-state index in [9.17, 15) is 4.79 Å². The lowest BCUT2D eigenvalue weighted by atomic mass is 10.2. The predicted molar refractivity (Wildman–Crippen MR) is 35.2 cm³/mol. The summed E-state index contributed by atoms with van der Waals surface area (Å²) in [4.78, 5) is 10.1. The van der Waals surface area contributed by atoms with Crippen LogP contribution in [0.5, 0.6) is 0 Å². The molecule has 9 heavy (non-hydrogen) atoms. The Kier molecular flexibility index (Phi) is 3.76. The Morgan fingerprint density at radius 2 is 2.22 bits per heavy atom. The van der Waals surface area contributed by atoms with Crippen molar-refractivity contribution in [3.63, 3.8) is 0 Å². The highest BCUT2D eigenvalue weighted by atomic mass is 79.9. The van der Waals surface area contributed by atoms with Crippen LogP contribution in [0.25, 0.3) is 0 Å². The van der Waals surface area contributed by atoms with Crippen LogP contribution in [0.2, 0.25) is 0 Å². The first-order valence-electron chi connectivity index (χ1n) is 2.36. The smallest absolute Gasteiger partial charge is 0.324 e. The van der Waals surface area contributed by atoms with Crippen molar-refractivity contribution in [2.45, 2.75) is 19.1 Å². The maximum atomic E-state index is 10.1. The van der Waals surface area contributed by atoms with Gasteiger partial charge in [0, 0.05) is 16.1 Å². The standard InChI is InChI=1S/C4H8BrNO3/c1-2(7)3(6-5)4(8)9/h2-3,6-7H,1H3,(H,8,9)/t2-,3+/m1/s1. The zero-order valence-electron chi connectivity index (χ0n) is 4.84. The van der Waals surface area contributed by atoms with Gasteiger partial charge < -0.3 is 10.2 Å². The van der Waals surface area contributed by atoms with Gasteiger partial charge in [-0.25, -0.2) is 4.34 Å². The summed E-state index contributed by atoms with van der Waals surface area (Å²) in [7, 11) is 0. The molecule has 0 spiro atoms. The van der Waals surface area contributed by atoms with Gasteiger partial charge in [-0.05, 0) is 6.92 Å². The molecule has 0 aromatic heterocycles. The lowest BCUT2D eigenvalue weighted by Gasteiger charge is -2.11. The molecule has 0 rings (SSSR count). The molecule has 0 aromatic carbocycles. The topological polar surface area (TPSA) is 69.6 Å². The fourth-order valence-corrected chi connectivity index (χ4v) is 0.923. The van der Waals surface area contributed by atoms with E-state index >= 15 is 0 Å². The highest BCUT2D eigenvalue weighted by Crippen LogP contribution is 1.93. The zero-order valence-corrected chi connectivity index (χ0v) is 6.42. The van der Waals surface area contributed by atoms with Crippen LogP contribution in [-0.4, -0.2) is 28.3 Å². The minimum atomic E-state index is -1.08. The molecule has 0 radical (unpaired) electrons. The first-order valence-corrected chi connectivity index (χ1v) is 3.16. The third-order valence-corrected chi connectivity index (χ3v) is 1.36. The molecule has 0 unspecified atom stereocenters. The number of carbonyl (C=O) groups is 1. The Morgan fingerprint density at radius 1 is 1.78 bits per heavy atom. The van der Waals surface area contributed by atoms with E-state index in [4.69, 9.17) is 10.2 Å². The number of aliphatic hydroxyl groups excluding tert-OH is 1. The maximum absolute atomic E-state index is 10.1. The molecule has 3 N–H and O–H groups in total. The van der Waals surface area contributed by atoms with Crippen molar-refractivity contribution in [3.8, 4) is 0 Å². The van der Waals surface area contributed by atoms with Crippen LogP contribution >= 0.6 is 16.1 Å². The van der Waals surface area contributed by atoms with Gasteiger partial charge in [0.05, 0.1) is 6.10 Å². The van der Waals surface area contributed by atoms with Crippen molar-refractivity contribution in [2.75, 3.05) is 0 Å². The number of carboxylic acid groups (broad SMARTS) is 1. The average Bonchev–Trinajstić information content (AvgIpc) is 1.64. The Labute approximate surface area is 61.2 Å². The van der Waals surface area contributed by atoms with Crippen LogP contribution in [0.3, 0.4) is 0 Å². The average molecular weight is 198 g/mol. The maximum Gasteiger partial charge on any atom is 0.324 e. The van der Waals surface area contributed by atoms with Crippen molar-refractivity contribution >= 4 is 22.1 Å². The number of halogens is 1. The highest BCUT2D eigenvalue weighted by Gasteiger charge is 2.20. The predicted octanol–water partition coefficient (Wildman–Crippen LogP) is -0.280. The first-order chi connectivity index (χ1) is 4.09. The van der Waals surface area contributed by atoms with Crippen LogP contribution in [0.1, 0.15) is 6.92 Å². The van der Waals surface area contributed by atoms with Gasteiger partial charge in [-0.1, -0.05) is 0 Å². The van der Waals surface area contributed by atoms with Gasteiger partial charge in [-0.3, -0.25) is 4.79 Å². The van der Waals surface area contributed by atoms with Gasteiger partial charge in [0.15, 0.2) is 0 Å². The second-order valence-electron chi connectivity index (χ2n) is 1.67. The Hall–Kier alpha value is -0.130. The van der Waals surface area contributed by atoms with E-state index < -0.39 is 18.1 Å². The molecule has 54 valence electrons. The number of nitrogens with one attached hydrogen (secondary N) is 1. The quantitative estimate of drug-likeness (QED) is 0.545. The molecule has 4 nitrogen and oxygen atoms in total. The van der Waals surface area contributed by atoms with Crippen molar-refractivity contribution in [1.82, 2.24) is 4.34 Å². The molecule has 0 saturated carbocycles. The van der Waals surface area contributed by atoms with Crippen LogP contribution in [-0.2, 0) is 4.79 Å². The van der Waals surface area contributed by atoms with E-state index in [0.717, 1.165) is 0 Å². The molecule has 0 amide bonds. The molecule has 5 heteroatoms. The van der Waals surface area contributed by atoms with Gasteiger partial charge in [-0.15, -0.1) is 0 Å². The second-order valence-corrected chi connectivity index (χ2v) is 2.12. The number of hydrogen-bond donors (Lipinski definition) is 3. The molecule has 0 aliphatic carbocycles. The summed E-state index contributed by atoms with van der Waals surface area (Å²) < 4.78 is 2.26. The highest BCUT2D eigenvalue weighted by molar-refractivity contribution is 9.08. The van der Waals surface area contributed by atoms with Gasteiger partial charge in [0.1, 0.15) is 6.04 Å². The van der Waals surface area contributed by atoms with E-state index in [1.165, 1.54) is 6.92 Å². The van der Waals surface area contributed by atoms with Crippen LogP contribution in [0, 0.1) is 0 Å². The SMILES string of the molecule is C[C@@H](O)[C@H](NBr)C(=O)O. The van der Waals surface area contributed by atoms with E-state index in [2.05, 4.69) is 20.5 Å². The van der Waals surface area contributed by atoms with Crippen molar-refractivity contribution in [2.24, 2.45) is 0 Å². The Morgan fingerprint density at radius 3 is 2.22 bits per heavy atom. The molecule has 0 saturated heterocycles. The van der Waals surface area contributed by atoms with Gasteiger partial charge >= 0.3 is 5.97 Å². The fourth-order valence-electron chi connectivity index (χ4n) is 0.344. The molecule has 0 fully saturated rings. The van der Waals surface area contributed by atoms with Crippen molar-refractivity contribution < 1.29 is 15.0 Å². The summed E-state index contributed by atoms with van der Waals surface area (Å²) in [6.07, 6.45) is -0.901. The van der Waals surface area contributed by atoms with Gasteiger partial charge in [0.2, 0.25) is 0 Å². The van der Waals surface area contributed by atoms with E-state index in [1.54, 1.807) is 0 Å². The minimum absolute atomic E-state index is 0.901. The number of aliphatic carboxylic acids is 1. The number of carboxylic acids is 1. The molecule has 0 aliphatic heterocycles. The summed E-state index contributed by atoms with van der Waals surface area (Å²) >= 11 is 2.73. The van der Waals surface area contributed by atoms with E-state index in [-0.39, 0.29) is 0 Å². The first kappa shape index (κ1) is 8.87. The molecule has 0 bridgehead atoms. The summed E-state index contributed by atoms with van der Waals surface area (Å²) in [5.74, 6) is -1.08. The van der Waals surface area contributed by atoms with Crippen molar-refractivity contribution in [1.29, 1.82) is 0 Å². The van der Waals surface area contributed by atoms with Crippen LogP contribution in [0.4, 0.5) is 0 Å². The lowest BCUT2D eigenvalue weighted by Crippen LogP contribution is -2.39. The van der Waals surface area contributed by atoms with Crippen molar-refractivity contribution in [3.05, 3.63) is 0 Å². The number of hydrogen-bond acceptors (Lipinski definition) is 3. The normalized spacial score (nSPS) is 16.8. The van der Waals surface area contributed by atoms with E-state index in [1.807, 2.05) is 0 Å².